The maximum Gasteiger partial charge on any atom is 0.123 e. The molecule has 1 aromatic heterocycles. The van der Waals surface area contributed by atoms with Crippen molar-refractivity contribution in [2.24, 2.45) is 7.05 Å². The van der Waals surface area contributed by atoms with E-state index in [0.717, 1.165) is 17.0 Å². The van der Waals surface area contributed by atoms with Crippen LogP contribution in [-0.2, 0) is 7.05 Å². The Kier molecular flexibility index (Phi) is 2.04. The van der Waals surface area contributed by atoms with Crippen molar-refractivity contribution in [2.75, 3.05) is 0 Å². The third-order valence-corrected chi connectivity index (χ3v) is 2.09. The lowest BCUT2D eigenvalue weighted by atomic mass is 10.1. The smallest absolute Gasteiger partial charge is 0.123 e. The van der Waals surface area contributed by atoms with E-state index in [1.54, 1.807) is 17.8 Å². The standard InChI is InChI=1S/C10H10FN3/c1-7-10(14(2)13-12-7)8-4-3-5-9(11)6-8/h3-6H,1-2H3. The Morgan fingerprint density at radius 3 is 2.71 bits per heavy atom. The first-order valence-corrected chi connectivity index (χ1v) is 4.30. The van der Waals surface area contributed by atoms with E-state index in [0.29, 0.717) is 0 Å². The average molecular weight is 191 g/mol. The van der Waals surface area contributed by atoms with Crippen molar-refractivity contribution in [1.82, 2.24) is 15.0 Å². The molecule has 0 amide bonds. The molecule has 3 nitrogen and oxygen atoms in total. The normalized spacial score (nSPS) is 10.5. The monoisotopic (exact) mass is 191 g/mol. The van der Waals surface area contributed by atoms with E-state index in [1.807, 2.05) is 13.0 Å². The lowest BCUT2D eigenvalue weighted by Gasteiger charge is -2.01. The van der Waals surface area contributed by atoms with E-state index in [4.69, 9.17) is 0 Å². The van der Waals surface area contributed by atoms with Crippen LogP contribution in [0.5, 0.6) is 0 Å². The summed E-state index contributed by atoms with van der Waals surface area (Å²) in [6, 6.07) is 6.42. The lowest BCUT2D eigenvalue weighted by molar-refractivity contribution is 0.628. The molecule has 1 aromatic carbocycles. The molecule has 0 saturated carbocycles. The summed E-state index contributed by atoms with van der Waals surface area (Å²) in [5.41, 5.74) is 2.46. The Labute approximate surface area is 81.2 Å². The summed E-state index contributed by atoms with van der Waals surface area (Å²) in [4.78, 5) is 0. The van der Waals surface area contributed by atoms with Gasteiger partial charge >= 0.3 is 0 Å². The summed E-state index contributed by atoms with van der Waals surface area (Å²) in [7, 11) is 1.79. The van der Waals surface area contributed by atoms with Crippen molar-refractivity contribution < 1.29 is 4.39 Å². The number of halogens is 1. The Morgan fingerprint density at radius 1 is 1.36 bits per heavy atom. The molecule has 1 heterocycles. The minimum absolute atomic E-state index is 0.247. The quantitative estimate of drug-likeness (QED) is 0.689. The van der Waals surface area contributed by atoms with Gasteiger partial charge in [0.2, 0.25) is 0 Å². The van der Waals surface area contributed by atoms with E-state index in [1.165, 1.54) is 12.1 Å². The molecule has 0 spiro atoms. The van der Waals surface area contributed by atoms with Gasteiger partial charge in [-0.3, -0.25) is 0 Å². The Balaban J connectivity index is 2.59. The fourth-order valence-electron chi connectivity index (χ4n) is 1.49. The van der Waals surface area contributed by atoms with Crippen molar-refractivity contribution in [1.29, 1.82) is 0 Å². The highest BCUT2D eigenvalue weighted by molar-refractivity contribution is 5.61. The molecule has 0 bridgehead atoms. The zero-order valence-corrected chi connectivity index (χ0v) is 8.03. The third kappa shape index (κ3) is 1.39. The number of benzene rings is 1. The molecule has 0 aliphatic carbocycles. The van der Waals surface area contributed by atoms with Crippen molar-refractivity contribution in [3.63, 3.8) is 0 Å². The average Bonchev–Trinajstić information content (AvgIpc) is 2.46. The van der Waals surface area contributed by atoms with E-state index in [2.05, 4.69) is 10.3 Å². The van der Waals surface area contributed by atoms with Gasteiger partial charge in [-0.15, -0.1) is 5.10 Å². The van der Waals surface area contributed by atoms with Crippen LogP contribution in [0.3, 0.4) is 0 Å². The van der Waals surface area contributed by atoms with Crippen molar-refractivity contribution >= 4 is 0 Å². The van der Waals surface area contributed by atoms with Gasteiger partial charge in [0.05, 0.1) is 11.4 Å². The fourth-order valence-corrected chi connectivity index (χ4v) is 1.49. The summed E-state index contributed by atoms with van der Waals surface area (Å²) in [5.74, 6) is -0.247. The van der Waals surface area contributed by atoms with Crippen LogP contribution in [0.2, 0.25) is 0 Å². The van der Waals surface area contributed by atoms with Crippen LogP contribution in [0.15, 0.2) is 24.3 Å². The highest BCUT2D eigenvalue weighted by atomic mass is 19.1. The first-order chi connectivity index (χ1) is 6.68. The van der Waals surface area contributed by atoms with Crippen LogP contribution in [0.25, 0.3) is 11.3 Å². The molecule has 0 aliphatic rings. The largest absolute Gasteiger partial charge is 0.247 e. The van der Waals surface area contributed by atoms with Gasteiger partial charge in [0.25, 0.3) is 0 Å². The van der Waals surface area contributed by atoms with Crippen LogP contribution in [0.4, 0.5) is 4.39 Å². The molecule has 0 N–H and O–H groups in total. The first-order valence-electron chi connectivity index (χ1n) is 4.30. The Morgan fingerprint density at radius 2 is 2.14 bits per heavy atom. The lowest BCUT2D eigenvalue weighted by Crippen LogP contribution is -1.94. The molecule has 4 heteroatoms. The Hall–Kier alpha value is -1.71. The minimum Gasteiger partial charge on any atom is -0.247 e. The number of aromatic nitrogens is 3. The molecular weight excluding hydrogens is 181 g/mol. The van der Waals surface area contributed by atoms with Gasteiger partial charge < -0.3 is 0 Å². The molecule has 0 fully saturated rings. The molecule has 2 rings (SSSR count). The van der Waals surface area contributed by atoms with Gasteiger partial charge in [-0.25, -0.2) is 9.07 Å². The zero-order valence-electron chi connectivity index (χ0n) is 8.03. The molecule has 2 aromatic rings. The van der Waals surface area contributed by atoms with E-state index >= 15 is 0 Å². The number of nitrogens with zero attached hydrogens (tertiary/aromatic N) is 3. The van der Waals surface area contributed by atoms with Gasteiger partial charge in [-0.05, 0) is 19.1 Å². The van der Waals surface area contributed by atoms with E-state index < -0.39 is 0 Å². The molecule has 0 atom stereocenters. The number of aryl methyl sites for hydroxylation is 2. The van der Waals surface area contributed by atoms with Crippen LogP contribution in [0, 0.1) is 12.7 Å². The third-order valence-electron chi connectivity index (χ3n) is 2.09. The molecule has 0 radical (unpaired) electrons. The highest BCUT2D eigenvalue weighted by Gasteiger charge is 2.08. The minimum atomic E-state index is -0.247. The van der Waals surface area contributed by atoms with Gasteiger partial charge in [0.1, 0.15) is 5.82 Å². The van der Waals surface area contributed by atoms with Crippen LogP contribution >= 0.6 is 0 Å². The summed E-state index contributed by atoms with van der Waals surface area (Å²) >= 11 is 0. The van der Waals surface area contributed by atoms with E-state index in [9.17, 15) is 4.39 Å². The van der Waals surface area contributed by atoms with Crippen LogP contribution < -0.4 is 0 Å². The van der Waals surface area contributed by atoms with Crippen LogP contribution in [-0.4, -0.2) is 15.0 Å². The fraction of sp³-hybridized carbons (Fsp3) is 0.200. The van der Waals surface area contributed by atoms with Crippen molar-refractivity contribution in [3.8, 4) is 11.3 Å². The van der Waals surface area contributed by atoms with Gasteiger partial charge in [0, 0.05) is 12.6 Å². The number of rotatable bonds is 1. The highest BCUT2D eigenvalue weighted by Crippen LogP contribution is 2.21. The first kappa shape index (κ1) is 8.87. The molecule has 0 unspecified atom stereocenters. The van der Waals surface area contributed by atoms with Crippen LogP contribution in [0.1, 0.15) is 5.69 Å². The zero-order chi connectivity index (χ0) is 10.1. The van der Waals surface area contributed by atoms with E-state index in [-0.39, 0.29) is 5.82 Å². The summed E-state index contributed by atoms with van der Waals surface area (Å²) in [6.07, 6.45) is 0. The van der Waals surface area contributed by atoms with Gasteiger partial charge in [-0.1, -0.05) is 17.3 Å². The maximum atomic E-state index is 13.0. The van der Waals surface area contributed by atoms with Gasteiger partial charge in [0.15, 0.2) is 0 Å². The SMILES string of the molecule is Cc1nnn(C)c1-c1cccc(F)c1. The second-order valence-corrected chi connectivity index (χ2v) is 3.16. The number of hydrogen-bond acceptors (Lipinski definition) is 2. The topological polar surface area (TPSA) is 30.7 Å². The summed E-state index contributed by atoms with van der Waals surface area (Å²) in [6.45, 7) is 1.85. The second kappa shape index (κ2) is 3.21. The Bertz CT molecular complexity index is 443. The summed E-state index contributed by atoms with van der Waals surface area (Å²) < 4.78 is 14.6. The molecule has 72 valence electrons. The van der Waals surface area contributed by atoms with Crippen molar-refractivity contribution in [3.05, 3.63) is 35.8 Å². The molecule has 0 aliphatic heterocycles. The molecule has 14 heavy (non-hydrogen) atoms. The van der Waals surface area contributed by atoms with Crippen molar-refractivity contribution in [2.45, 2.75) is 6.92 Å². The molecule has 0 saturated heterocycles. The number of hydrogen-bond donors (Lipinski definition) is 0. The maximum absolute atomic E-state index is 13.0. The molecular formula is C10H10FN3. The van der Waals surface area contributed by atoms with Gasteiger partial charge in [-0.2, -0.15) is 0 Å². The summed E-state index contributed by atoms with van der Waals surface area (Å²) in [5, 5.41) is 7.78. The predicted molar refractivity (Wildman–Crippen MR) is 51.1 cm³/mol. The predicted octanol–water partition coefficient (Wildman–Crippen LogP) is 1.93. The second-order valence-electron chi connectivity index (χ2n) is 3.16.